The van der Waals surface area contributed by atoms with Crippen molar-refractivity contribution in [2.75, 3.05) is 19.1 Å². The van der Waals surface area contributed by atoms with Gasteiger partial charge in [0.2, 0.25) is 5.91 Å². The van der Waals surface area contributed by atoms with Crippen molar-refractivity contribution in [1.82, 2.24) is 0 Å². The number of methoxy groups -OCH3 is 2. The van der Waals surface area contributed by atoms with E-state index in [0.29, 0.717) is 28.3 Å². The van der Waals surface area contributed by atoms with Gasteiger partial charge < -0.3 is 9.47 Å². The van der Waals surface area contributed by atoms with Crippen LogP contribution >= 0.6 is 15.9 Å². The van der Waals surface area contributed by atoms with Crippen LogP contribution in [0.1, 0.15) is 15.9 Å². The number of halogens is 1. The summed E-state index contributed by atoms with van der Waals surface area (Å²) >= 11 is 3.34. The molecule has 1 aliphatic rings. The Balaban J connectivity index is 2.11. The summed E-state index contributed by atoms with van der Waals surface area (Å²) in [5, 5.41) is 0. The van der Waals surface area contributed by atoms with Gasteiger partial charge in [-0.2, -0.15) is 0 Å². The number of carbonyl (C=O) groups excluding carboxylic acids is 2. The highest BCUT2D eigenvalue weighted by Crippen LogP contribution is 2.35. The quantitative estimate of drug-likeness (QED) is 0.773. The van der Waals surface area contributed by atoms with Crippen LogP contribution in [0, 0.1) is 0 Å². The third-order valence-electron chi connectivity index (χ3n) is 3.71. The standard InChI is InChI=1S/C17H14BrNO4/c1-22-13-7-10-8-15(20)19(12-5-3-11(18)4-6-12)17(21)16(10)14(9-13)23-2/h3-7,9H,8H2,1-2H3. The maximum absolute atomic E-state index is 12.9. The smallest absolute Gasteiger partial charge is 0.269 e. The van der Waals surface area contributed by atoms with Crippen molar-refractivity contribution in [3.05, 3.63) is 52.0 Å². The van der Waals surface area contributed by atoms with Crippen LogP contribution < -0.4 is 14.4 Å². The second-order valence-corrected chi connectivity index (χ2v) is 5.97. The van der Waals surface area contributed by atoms with Crippen molar-refractivity contribution in [2.24, 2.45) is 0 Å². The van der Waals surface area contributed by atoms with Gasteiger partial charge in [0.15, 0.2) is 0 Å². The van der Waals surface area contributed by atoms with Crippen LogP contribution in [-0.4, -0.2) is 26.0 Å². The lowest BCUT2D eigenvalue weighted by atomic mass is 9.96. The van der Waals surface area contributed by atoms with Gasteiger partial charge in [-0.15, -0.1) is 0 Å². The number of hydrogen-bond donors (Lipinski definition) is 0. The van der Waals surface area contributed by atoms with Gasteiger partial charge in [-0.05, 0) is 35.9 Å². The van der Waals surface area contributed by atoms with E-state index in [9.17, 15) is 9.59 Å². The Morgan fingerprint density at radius 1 is 1.04 bits per heavy atom. The number of fused-ring (bicyclic) bond motifs is 1. The molecule has 0 saturated carbocycles. The van der Waals surface area contributed by atoms with Crippen molar-refractivity contribution < 1.29 is 19.1 Å². The molecular weight excluding hydrogens is 362 g/mol. The van der Waals surface area contributed by atoms with Crippen molar-refractivity contribution in [3.63, 3.8) is 0 Å². The fraction of sp³-hybridized carbons (Fsp3) is 0.176. The van der Waals surface area contributed by atoms with Crippen molar-refractivity contribution in [2.45, 2.75) is 6.42 Å². The van der Waals surface area contributed by atoms with Crippen LogP contribution in [0.15, 0.2) is 40.9 Å². The third kappa shape index (κ3) is 2.70. The Morgan fingerprint density at radius 3 is 2.35 bits per heavy atom. The zero-order valence-corrected chi connectivity index (χ0v) is 14.2. The zero-order chi connectivity index (χ0) is 16.6. The van der Waals surface area contributed by atoms with E-state index in [4.69, 9.17) is 9.47 Å². The van der Waals surface area contributed by atoms with E-state index in [1.165, 1.54) is 19.1 Å². The van der Waals surface area contributed by atoms with Crippen LogP contribution in [0.4, 0.5) is 5.69 Å². The molecule has 0 radical (unpaired) electrons. The molecule has 0 atom stereocenters. The largest absolute Gasteiger partial charge is 0.497 e. The highest BCUT2D eigenvalue weighted by atomic mass is 79.9. The molecule has 0 bridgehead atoms. The molecule has 0 aromatic heterocycles. The highest BCUT2D eigenvalue weighted by molar-refractivity contribution is 9.10. The van der Waals surface area contributed by atoms with Crippen LogP contribution in [0.5, 0.6) is 11.5 Å². The SMILES string of the molecule is COc1cc2c(c(OC)c1)C(=O)N(c1ccc(Br)cc1)C(=O)C2. The fourth-order valence-corrected chi connectivity index (χ4v) is 2.89. The lowest BCUT2D eigenvalue weighted by molar-refractivity contribution is -0.117. The monoisotopic (exact) mass is 375 g/mol. The molecular formula is C17H14BrNO4. The summed E-state index contributed by atoms with van der Waals surface area (Å²) in [6, 6.07) is 10.4. The summed E-state index contributed by atoms with van der Waals surface area (Å²) in [7, 11) is 3.02. The first-order valence-corrected chi connectivity index (χ1v) is 7.72. The molecule has 0 aliphatic carbocycles. The van der Waals surface area contributed by atoms with Gasteiger partial charge in [-0.1, -0.05) is 15.9 Å². The number of carbonyl (C=O) groups is 2. The number of nitrogens with zero attached hydrogens (tertiary/aromatic N) is 1. The summed E-state index contributed by atoms with van der Waals surface area (Å²) in [5.41, 5.74) is 1.55. The van der Waals surface area contributed by atoms with E-state index in [1.807, 2.05) is 0 Å². The van der Waals surface area contributed by atoms with Crippen LogP contribution in [0.2, 0.25) is 0 Å². The average molecular weight is 376 g/mol. The van der Waals surface area contributed by atoms with E-state index in [2.05, 4.69) is 15.9 Å². The Hall–Kier alpha value is -2.34. The summed E-state index contributed by atoms with van der Waals surface area (Å²) in [4.78, 5) is 26.5. The molecule has 2 aromatic rings. The lowest BCUT2D eigenvalue weighted by Gasteiger charge is -2.28. The molecule has 1 heterocycles. The summed E-state index contributed by atoms with van der Waals surface area (Å²) in [6.45, 7) is 0. The number of hydrogen-bond acceptors (Lipinski definition) is 4. The fourth-order valence-electron chi connectivity index (χ4n) is 2.62. The van der Waals surface area contributed by atoms with E-state index in [-0.39, 0.29) is 12.3 Å². The number of ether oxygens (including phenoxy) is 2. The average Bonchev–Trinajstić information content (AvgIpc) is 2.55. The highest BCUT2D eigenvalue weighted by Gasteiger charge is 2.35. The minimum Gasteiger partial charge on any atom is -0.497 e. The van der Waals surface area contributed by atoms with Crippen molar-refractivity contribution >= 4 is 33.4 Å². The number of imide groups is 1. The number of amides is 2. The zero-order valence-electron chi connectivity index (χ0n) is 12.6. The Morgan fingerprint density at radius 2 is 1.74 bits per heavy atom. The first kappa shape index (κ1) is 15.6. The molecule has 1 aliphatic heterocycles. The first-order chi connectivity index (χ1) is 11.0. The van der Waals surface area contributed by atoms with E-state index in [0.717, 1.165) is 4.47 Å². The third-order valence-corrected chi connectivity index (χ3v) is 4.23. The second-order valence-electron chi connectivity index (χ2n) is 5.05. The van der Waals surface area contributed by atoms with Gasteiger partial charge in [-0.3, -0.25) is 9.59 Å². The van der Waals surface area contributed by atoms with E-state index >= 15 is 0 Å². The Labute approximate surface area is 141 Å². The molecule has 23 heavy (non-hydrogen) atoms. The summed E-state index contributed by atoms with van der Waals surface area (Å²) < 4.78 is 11.4. The van der Waals surface area contributed by atoms with Gasteiger partial charge in [0.1, 0.15) is 11.5 Å². The Bertz CT molecular complexity index is 786. The maximum Gasteiger partial charge on any atom is 0.269 e. The van der Waals surface area contributed by atoms with Crippen LogP contribution in [0.25, 0.3) is 0 Å². The van der Waals surface area contributed by atoms with Gasteiger partial charge >= 0.3 is 0 Å². The predicted molar refractivity (Wildman–Crippen MR) is 89.2 cm³/mol. The molecule has 0 N–H and O–H groups in total. The second kappa shape index (κ2) is 6.04. The normalized spacial score (nSPS) is 13.8. The molecule has 0 unspecified atom stereocenters. The van der Waals surface area contributed by atoms with Gasteiger partial charge in [-0.25, -0.2) is 4.90 Å². The van der Waals surface area contributed by atoms with Gasteiger partial charge in [0.25, 0.3) is 5.91 Å². The van der Waals surface area contributed by atoms with Crippen molar-refractivity contribution in [1.29, 1.82) is 0 Å². The molecule has 0 spiro atoms. The van der Waals surface area contributed by atoms with E-state index < -0.39 is 5.91 Å². The summed E-state index contributed by atoms with van der Waals surface area (Å²) in [6.07, 6.45) is 0.116. The molecule has 6 heteroatoms. The molecule has 0 fully saturated rings. The molecule has 0 saturated heterocycles. The summed E-state index contributed by atoms with van der Waals surface area (Å²) in [5.74, 6) is 0.287. The minimum absolute atomic E-state index is 0.116. The van der Waals surface area contributed by atoms with Crippen LogP contribution in [0.3, 0.4) is 0 Å². The van der Waals surface area contributed by atoms with E-state index in [1.54, 1.807) is 36.4 Å². The van der Waals surface area contributed by atoms with Crippen LogP contribution in [-0.2, 0) is 11.2 Å². The molecule has 5 nitrogen and oxygen atoms in total. The lowest BCUT2D eigenvalue weighted by Crippen LogP contribution is -2.42. The molecule has 3 rings (SSSR count). The number of benzene rings is 2. The topological polar surface area (TPSA) is 55.8 Å². The number of anilines is 1. The maximum atomic E-state index is 12.9. The predicted octanol–water partition coefficient (Wildman–Crippen LogP) is 3.20. The Kier molecular flexibility index (Phi) is 4.09. The molecule has 118 valence electrons. The van der Waals surface area contributed by atoms with Gasteiger partial charge in [0, 0.05) is 10.5 Å². The molecule has 2 aromatic carbocycles. The first-order valence-electron chi connectivity index (χ1n) is 6.93. The molecule has 2 amide bonds. The number of rotatable bonds is 3. The van der Waals surface area contributed by atoms with Crippen molar-refractivity contribution in [3.8, 4) is 11.5 Å². The minimum atomic E-state index is -0.391. The van der Waals surface area contributed by atoms with Gasteiger partial charge in [0.05, 0.1) is 31.9 Å².